The van der Waals surface area contributed by atoms with Crippen molar-refractivity contribution in [2.75, 3.05) is 59.8 Å². The van der Waals surface area contributed by atoms with Gasteiger partial charge in [0.25, 0.3) is 5.91 Å². The van der Waals surface area contributed by atoms with Gasteiger partial charge in [0.05, 0.1) is 17.4 Å². The van der Waals surface area contributed by atoms with Gasteiger partial charge < -0.3 is 20.3 Å². The fourth-order valence-electron chi connectivity index (χ4n) is 8.67. The van der Waals surface area contributed by atoms with Crippen LogP contribution in [0.2, 0.25) is 0 Å². The molecule has 1 unspecified atom stereocenters. The number of carbonyl (C=O) groups is 4. The Morgan fingerprint density at radius 2 is 1.78 bits per heavy atom. The molecule has 2 saturated carbocycles. The summed E-state index contributed by atoms with van der Waals surface area (Å²) in [5.74, 6) is -0.423. The molecule has 3 aliphatic heterocycles. The maximum atomic E-state index is 14.0. The highest BCUT2D eigenvalue weighted by molar-refractivity contribution is 7.81. The van der Waals surface area contributed by atoms with Crippen molar-refractivity contribution >= 4 is 63.7 Å². The van der Waals surface area contributed by atoms with Gasteiger partial charge in [-0.25, -0.2) is 4.98 Å². The third-order valence-electron chi connectivity index (χ3n) is 12.3. The van der Waals surface area contributed by atoms with E-state index in [2.05, 4.69) is 30.7 Å². The van der Waals surface area contributed by atoms with E-state index >= 15 is 0 Å². The molecule has 5 fully saturated rings. The maximum Gasteiger partial charge on any atom is 0.419 e. The Hall–Kier alpha value is -5.64. The molecule has 0 radical (unpaired) electrons. The largest absolute Gasteiger partial charge is 0.492 e. The average Bonchev–Trinajstić information content (AvgIpc) is 3.99. The Morgan fingerprint density at radius 3 is 2.43 bits per heavy atom. The first-order chi connectivity index (χ1) is 28.8. The number of nitrogens with zero attached hydrogens (tertiary/aromatic N) is 6. The second-order valence-electron chi connectivity index (χ2n) is 15.9. The van der Waals surface area contributed by atoms with Gasteiger partial charge in [-0.05, 0) is 105 Å². The van der Waals surface area contributed by atoms with Crippen molar-refractivity contribution in [1.82, 2.24) is 20.1 Å². The van der Waals surface area contributed by atoms with Crippen LogP contribution in [0.25, 0.3) is 0 Å². The third-order valence-corrected chi connectivity index (χ3v) is 12.7. The minimum atomic E-state index is -4.85. The van der Waals surface area contributed by atoms with E-state index < -0.39 is 40.5 Å². The predicted octanol–water partition coefficient (Wildman–Crippen LogP) is 4.98. The summed E-state index contributed by atoms with van der Waals surface area (Å²) < 4.78 is 47.8. The molecule has 4 amide bonds. The van der Waals surface area contributed by atoms with Crippen molar-refractivity contribution < 1.29 is 37.1 Å². The number of piperazine rings is 1. The molecular formula is C42H44F3N9O5S. The van der Waals surface area contributed by atoms with Crippen LogP contribution in [0.5, 0.6) is 5.75 Å². The highest BCUT2D eigenvalue weighted by atomic mass is 32.1. The van der Waals surface area contributed by atoms with Crippen LogP contribution in [0.4, 0.5) is 35.9 Å². The number of imide groups is 1. The van der Waals surface area contributed by atoms with E-state index in [1.54, 1.807) is 11.0 Å². The third kappa shape index (κ3) is 7.65. The zero-order valence-electron chi connectivity index (χ0n) is 32.9. The number of ether oxygens (including phenoxy) is 1. The molecule has 1 atom stereocenters. The van der Waals surface area contributed by atoms with Crippen molar-refractivity contribution in [2.45, 2.75) is 81.6 Å². The number of aromatic nitrogens is 1. The van der Waals surface area contributed by atoms with Crippen LogP contribution in [0.3, 0.4) is 0 Å². The van der Waals surface area contributed by atoms with Gasteiger partial charge in [0.1, 0.15) is 35.5 Å². The molecule has 14 nitrogen and oxygen atoms in total. The quantitative estimate of drug-likeness (QED) is 0.166. The molecule has 0 bridgehead atoms. The van der Waals surface area contributed by atoms with Gasteiger partial charge in [0.15, 0.2) is 10.8 Å². The first kappa shape index (κ1) is 41.1. The number of aryl methyl sites for hydroxylation is 1. The number of anilines is 4. The van der Waals surface area contributed by atoms with Gasteiger partial charge in [-0.2, -0.15) is 18.4 Å². The Balaban J connectivity index is 0.858. The minimum absolute atomic E-state index is 0.0493. The van der Waals surface area contributed by atoms with Crippen molar-refractivity contribution in [2.24, 2.45) is 0 Å². The zero-order valence-corrected chi connectivity index (χ0v) is 33.8. The number of hydrogen-bond acceptors (Lipinski definition) is 11. The Morgan fingerprint density at radius 1 is 1.03 bits per heavy atom. The fourth-order valence-corrected chi connectivity index (χ4v) is 9.14. The lowest BCUT2D eigenvalue weighted by Crippen LogP contribution is -2.55. The zero-order chi connectivity index (χ0) is 42.4. The second-order valence-corrected chi connectivity index (χ2v) is 16.2. The van der Waals surface area contributed by atoms with Crippen molar-refractivity contribution in [3.05, 3.63) is 71.5 Å². The van der Waals surface area contributed by atoms with Crippen LogP contribution >= 0.6 is 12.2 Å². The Kier molecular flexibility index (Phi) is 11.0. The topological polar surface area (TPSA) is 163 Å². The normalized spacial score (nSPS) is 21.4. The number of alkyl halides is 3. The number of nitrogens with one attached hydrogen (secondary N) is 3. The van der Waals surface area contributed by atoms with Crippen molar-refractivity contribution in [1.29, 1.82) is 5.26 Å². The summed E-state index contributed by atoms with van der Waals surface area (Å²) in [4.78, 5) is 62.4. The first-order valence-corrected chi connectivity index (χ1v) is 20.6. The fraction of sp³-hybridized carbons (Fsp3) is 0.452. The van der Waals surface area contributed by atoms with Gasteiger partial charge in [-0.15, -0.1) is 0 Å². The SMILES string of the molecule is CCc1cc(N2C(=S)N(c3cnc(C#N)c(C(F)(F)F)c3)C(=O)C23CCC3)ccc1OCCN1CCN(C2(C(=O)Nc3cccc(NC4CCC(=O)NC4=O)c3)CC2)CC1. The molecule has 4 heterocycles. The summed E-state index contributed by atoms with van der Waals surface area (Å²) in [5, 5.41) is 17.9. The molecule has 2 aromatic carbocycles. The van der Waals surface area contributed by atoms with Crippen LogP contribution < -0.4 is 30.5 Å². The van der Waals surface area contributed by atoms with Crippen LogP contribution in [0, 0.1) is 11.3 Å². The monoisotopic (exact) mass is 843 g/mol. The average molecular weight is 844 g/mol. The van der Waals surface area contributed by atoms with E-state index in [-0.39, 0.29) is 34.9 Å². The lowest BCUT2D eigenvalue weighted by atomic mass is 9.75. The smallest absolute Gasteiger partial charge is 0.419 e. The molecule has 314 valence electrons. The number of rotatable bonds is 12. The summed E-state index contributed by atoms with van der Waals surface area (Å²) in [6.07, 6.45) is 0.785. The number of hydrogen-bond donors (Lipinski definition) is 3. The van der Waals surface area contributed by atoms with Gasteiger partial charge in [0.2, 0.25) is 17.7 Å². The molecule has 3 aromatic rings. The van der Waals surface area contributed by atoms with Gasteiger partial charge >= 0.3 is 6.18 Å². The van der Waals surface area contributed by atoms with Crippen molar-refractivity contribution in [3.8, 4) is 11.8 Å². The molecular weight excluding hydrogens is 800 g/mol. The molecule has 3 N–H and O–H groups in total. The van der Waals surface area contributed by atoms with Crippen LogP contribution in [0.1, 0.15) is 68.7 Å². The van der Waals surface area contributed by atoms with Crippen LogP contribution in [-0.4, -0.2) is 100.0 Å². The summed E-state index contributed by atoms with van der Waals surface area (Å²) in [6.45, 7) is 6.07. The summed E-state index contributed by atoms with van der Waals surface area (Å²) in [7, 11) is 0. The predicted molar refractivity (Wildman–Crippen MR) is 219 cm³/mol. The number of amides is 4. The number of piperidine rings is 1. The summed E-state index contributed by atoms with van der Waals surface area (Å²) >= 11 is 5.79. The van der Waals surface area contributed by atoms with Crippen LogP contribution in [-0.2, 0) is 31.8 Å². The lowest BCUT2D eigenvalue weighted by Gasteiger charge is -2.43. The molecule has 2 aliphatic carbocycles. The summed E-state index contributed by atoms with van der Waals surface area (Å²) in [6, 6.07) is 14.5. The van der Waals surface area contributed by atoms with E-state index in [4.69, 9.17) is 17.0 Å². The maximum absolute atomic E-state index is 14.0. The molecule has 60 heavy (non-hydrogen) atoms. The summed E-state index contributed by atoms with van der Waals surface area (Å²) in [5.41, 5.74) is -0.894. The highest BCUT2D eigenvalue weighted by Crippen LogP contribution is 2.49. The van der Waals surface area contributed by atoms with E-state index in [9.17, 15) is 37.6 Å². The number of halogens is 3. The Labute approximate surface area is 350 Å². The van der Waals surface area contributed by atoms with E-state index in [0.29, 0.717) is 61.6 Å². The van der Waals surface area contributed by atoms with Gasteiger partial charge in [-0.1, -0.05) is 13.0 Å². The van der Waals surface area contributed by atoms with Gasteiger partial charge in [0, 0.05) is 56.2 Å². The van der Waals surface area contributed by atoms with E-state index in [1.807, 2.05) is 43.3 Å². The lowest BCUT2D eigenvalue weighted by molar-refractivity contribution is -0.138. The number of nitriles is 1. The molecule has 5 aliphatic rings. The number of pyridine rings is 1. The second kappa shape index (κ2) is 16.1. The number of thiocarbonyl (C=S) groups is 1. The van der Waals surface area contributed by atoms with Crippen molar-refractivity contribution in [3.63, 3.8) is 0 Å². The van der Waals surface area contributed by atoms with E-state index in [1.165, 1.54) is 6.07 Å². The van der Waals surface area contributed by atoms with Crippen LogP contribution in [0.15, 0.2) is 54.7 Å². The molecule has 1 aromatic heterocycles. The molecule has 1 spiro atoms. The van der Waals surface area contributed by atoms with Gasteiger partial charge in [-0.3, -0.25) is 39.2 Å². The molecule has 18 heteroatoms. The Bertz CT molecular complexity index is 2280. The van der Waals surface area contributed by atoms with E-state index in [0.717, 1.165) is 68.2 Å². The molecule has 8 rings (SSSR count). The first-order valence-electron chi connectivity index (χ1n) is 20.2. The standard InChI is InChI=1S/C42H44F3N9O5S/c1-2-26-21-29(54-39(60)53(38(58)41(54)11-4-12-41)30-23-31(42(43,44)45)33(24-46)47-25-30)7-9-34(26)59-20-19-51-15-17-52(18-16-51)40(13-14-40)37(57)49-28-6-3-5-27(22-28)48-32-8-10-35(55)50-36(32)56/h3,5-7,9,21-23,25,32,48H,2,4,8,10-20H2,1H3,(H,49,57)(H,50,55,56). The molecule has 3 saturated heterocycles. The number of benzene rings is 2. The number of carbonyl (C=O) groups excluding carboxylic acids is 4. The highest BCUT2D eigenvalue weighted by Gasteiger charge is 2.60. The minimum Gasteiger partial charge on any atom is -0.492 e.